The highest BCUT2D eigenvalue weighted by molar-refractivity contribution is 6.12. The van der Waals surface area contributed by atoms with Crippen LogP contribution in [0.5, 0.6) is 0 Å². The first kappa shape index (κ1) is 50.2. The zero-order valence-corrected chi connectivity index (χ0v) is 37.8. The highest BCUT2D eigenvalue weighted by atomic mass is 19.1. The van der Waals surface area contributed by atoms with E-state index in [-0.39, 0.29) is 75.9 Å². The third kappa shape index (κ3) is 13.2. The van der Waals surface area contributed by atoms with Crippen molar-refractivity contribution in [2.75, 3.05) is 52.5 Å². The maximum Gasteiger partial charge on any atom is 0.410 e. The first-order valence-electron chi connectivity index (χ1n) is 21.5. The number of amides is 5. The molecule has 3 heterocycles. The van der Waals surface area contributed by atoms with Gasteiger partial charge in [-0.25, -0.2) is 27.7 Å². The van der Waals surface area contributed by atoms with Gasteiger partial charge in [-0.15, -0.1) is 0 Å². The van der Waals surface area contributed by atoms with Gasteiger partial charge in [-0.1, -0.05) is 44.2 Å². The third-order valence-electron chi connectivity index (χ3n) is 11.1. The van der Waals surface area contributed by atoms with Gasteiger partial charge in [-0.3, -0.25) is 19.3 Å². The lowest BCUT2D eigenvalue weighted by Crippen LogP contribution is -2.51. The molecule has 2 aromatic carbocycles. The monoisotopic (exact) mass is 912 g/mol. The number of ether oxygens (including phenoxy) is 3. The molecule has 2 aliphatic rings. The summed E-state index contributed by atoms with van der Waals surface area (Å²) in [4.78, 5) is 75.4. The molecule has 2 aliphatic heterocycles. The fourth-order valence-electron chi connectivity index (χ4n) is 7.85. The molecule has 2 N–H and O–H groups in total. The second kappa shape index (κ2) is 21.5. The first-order chi connectivity index (χ1) is 30.6. The van der Waals surface area contributed by atoms with Crippen LogP contribution in [0.3, 0.4) is 0 Å². The van der Waals surface area contributed by atoms with Crippen molar-refractivity contribution in [2.24, 2.45) is 11.3 Å². The number of rotatable bonds is 19. The molecule has 16 nitrogen and oxygen atoms in total. The predicted molar refractivity (Wildman–Crippen MR) is 230 cm³/mol. The summed E-state index contributed by atoms with van der Waals surface area (Å²) in [6.07, 6.45) is -2.21. The molecule has 354 valence electrons. The molecule has 5 rings (SSSR count). The highest BCUT2D eigenvalue weighted by Crippen LogP contribution is 2.44. The topological polar surface area (TPSA) is 184 Å². The Balaban J connectivity index is 1.59. The fraction of sp³-hybridized carbons (Fsp3) is 0.522. The number of benzene rings is 2. The van der Waals surface area contributed by atoms with Crippen LogP contribution in [0.25, 0.3) is 11.3 Å². The summed E-state index contributed by atoms with van der Waals surface area (Å²) in [6, 6.07) is 10.9. The summed E-state index contributed by atoms with van der Waals surface area (Å²) in [5.74, 6) is -4.11. The summed E-state index contributed by atoms with van der Waals surface area (Å²) in [6.45, 7) is 9.42. The van der Waals surface area contributed by atoms with Crippen LogP contribution in [0.15, 0.2) is 66.9 Å². The maximum absolute atomic E-state index is 16.3. The Morgan fingerprint density at radius 1 is 0.969 bits per heavy atom. The normalized spacial score (nSPS) is 17.9. The van der Waals surface area contributed by atoms with Crippen LogP contribution in [-0.2, 0) is 35.1 Å². The van der Waals surface area contributed by atoms with E-state index in [0.717, 1.165) is 45.7 Å². The molecule has 5 amide bonds. The number of nitrogens with zero attached hydrogens (tertiary/aromatic N) is 6. The number of aliphatic hydroxyl groups is 2. The van der Waals surface area contributed by atoms with Crippen molar-refractivity contribution in [1.29, 1.82) is 0 Å². The highest BCUT2D eigenvalue weighted by Gasteiger charge is 2.46. The summed E-state index contributed by atoms with van der Waals surface area (Å²) >= 11 is 0. The molecule has 0 spiro atoms. The predicted octanol–water partition coefficient (Wildman–Crippen LogP) is 5.47. The molecule has 1 aromatic heterocycles. The van der Waals surface area contributed by atoms with Crippen LogP contribution < -0.4 is 0 Å². The molecule has 3 aromatic rings. The van der Waals surface area contributed by atoms with Gasteiger partial charge >= 0.3 is 12.2 Å². The van der Waals surface area contributed by atoms with E-state index in [1.165, 1.54) is 29.8 Å². The quantitative estimate of drug-likeness (QED) is 0.115. The number of aromatic nitrogens is 2. The van der Waals surface area contributed by atoms with Gasteiger partial charge in [-0.05, 0) is 70.2 Å². The van der Waals surface area contributed by atoms with Crippen molar-refractivity contribution in [3.63, 3.8) is 0 Å². The van der Waals surface area contributed by atoms with E-state index in [9.17, 15) is 38.6 Å². The molecular weight excluding hydrogens is 854 g/mol. The van der Waals surface area contributed by atoms with E-state index in [4.69, 9.17) is 19.2 Å². The molecule has 1 saturated heterocycles. The number of hydrogen-bond donors (Lipinski definition) is 2. The molecule has 0 radical (unpaired) electrons. The largest absolute Gasteiger partial charge is 0.449 e. The Labute approximate surface area is 376 Å². The summed E-state index contributed by atoms with van der Waals surface area (Å²) in [5, 5.41) is 20.0. The zero-order chi connectivity index (χ0) is 47.8. The maximum atomic E-state index is 16.3. The minimum absolute atomic E-state index is 0.00554. The van der Waals surface area contributed by atoms with Crippen molar-refractivity contribution < 1.29 is 61.6 Å². The van der Waals surface area contributed by atoms with Crippen LogP contribution in [0, 0.1) is 23.0 Å². The Morgan fingerprint density at radius 3 is 2.28 bits per heavy atom. The van der Waals surface area contributed by atoms with Crippen molar-refractivity contribution in [2.45, 2.75) is 91.6 Å². The van der Waals surface area contributed by atoms with Gasteiger partial charge in [-0.2, -0.15) is 0 Å². The average molecular weight is 913 g/mol. The molecule has 0 bridgehead atoms. The number of carbonyl (C=O) groups is 5. The Kier molecular flexibility index (Phi) is 16.6. The van der Waals surface area contributed by atoms with Gasteiger partial charge in [0.25, 0.3) is 17.7 Å². The summed E-state index contributed by atoms with van der Waals surface area (Å²) < 4.78 is 65.0. The van der Waals surface area contributed by atoms with Crippen molar-refractivity contribution in [3.8, 4) is 11.3 Å². The van der Waals surface area contributed by atoms with Gasteiger partial charge < -0.3 is 43.7 Å². The smallest absolute Gasteiger partial charge is 0.410 e. The van der Waals surface area contributed by atoms with Gasteiger partial charge in [0.1, 0.15) is 35.3 Å². The zero-order valence-electron chi connectivity index (χ0n) is 37.8. The minimum Gasteiger partial charge on any atom is -0.449 e. The van der Waals surface area contributed by atoms with Gasteiger partial charge in [0.15, 0.2) is 6.29 Å². The van der Waals surface area contributed by atoms with Gasteiger partial charge in [0.2, 0.25) is 0 Å². The van der Waals surface area contributed by atoms with E-state index in [1.807, 2.05) is 30.3 Å². The molecule has 0 aliphatic carbocycles. The van der Waals surface area contributed by atoms with Gasteiger partial charge in [0, 0.05) is 69.1 Å². The van der Waals surface area contributed by atoms with E-state index in [0.29, 0.717) is 0 Å². The van der Waals surface area contributed by atoms with E-state index in [1.54, 1.807) is 39.2 Å². The van der Waals surface area contributed by atoms with E-state index < -0.39 is 89.7 Å². The average Bonchev–Trinajstić information content (AvgIpc) is 3.91. The van der Waals surface area contributed by atoms with Crippen LogP contribution >= 0.6 is 0 Å². The SMILES string of the molecule is CC(O)OC(C)C(=O)N(CC1CN(C(=O)OC(C)(C)C)CC1F)C(c1nc(-c2cc(F)ccc2F)cn1Cc1ccccc1)C(C)(C)CCOC(=O)N(CCO)CCN1C(=O)C=CC1=O. The Hall–Kier alpha value is -5.79. The Bertz CT molecular complexity index is 2180. The lowest BCUT2D eigenvalue weighted by molar-refractivity contribution is -0.168. The molecule has 5 atom stereocenters. The Morgan fingerprint density at radius 2 is 1.65 bits per heavy atom. The van der Waals surface area contributed by atoms with Crippen LogP contribution in [0.2, 0.25) is 0 Å². The molecule has 1 fully saturated rings. The first-order valence-corrected chi connectivity index (χ1v) is 21.5. The molecule has 0 saturated carbocycles. The number of alkyl halides is 1. The molecule has 65 heavy (non-hydrogen) atoms. The number of carbonyl (C=O) groups excluding carboxylic acids is 5. The molecular formula is C46H59F3N6O10. The summed E-state index contributed by atoms with van der Waals surface area (Å²) in [7, 11) is 0. The number of halogens is 3. The lowest BCUT2D eigenvalue weighted by Gasteiger charge is -2.44. The molecule has 19 heteroatoms. The lowest BCUT2D eigenvalue weighted by atomic mass is 9.79. The number of aliphatic hydroxyl groups excluding tert-OH is 2. The van der Waals surface area contributed by atoms with Gasteiger partial charge in [0.05, 0.1) is 31.5 Å². The minimum atomic E-state index is -1.63. The number of hydrogen-bond acceptors (Lipinski definition) is 11. The van der Waals surface area contributed by atoms with Crippen molar-refractivity contribution in [1.82, 2.24) is 29.2 Å². The van der Waals surface area contributed by atoms with E-state index >= 15 is 8.78 Å². The number of imidazole rings is 1. The molecule has 5 unspecified atom stereocenters. The van der Waals surface area contributed by atoms with Crippen LogP contribution in [-0.4, -0.2) is 146 Å². The second-order valence-corrected chi connectivity index (χ2v) is 17.9. The van der Waals surface area contributed by atoms with Crippen molar-refractivity contribution in [3.05, 3.63) is 89.9 Å². The summed E-state index contributed by atoms with van der Waals surface area (Å²) in [5.41, 5.74) is -1.43. The van der Waals surface area contributed by atoms with E-state index in [2.05, 4.69) is 0 Å². The van der Waals surface area contributed by atoms with Crippen molar-refractivity contribution >= 4 is 29.9 Å². The third-order valence-corrected chi connectivity index (χ3v) is 11.1. The van der Waals surface area contributed by atoms with Crippen LogP contribution in [0.4, 0.5) is 22.8 Å². The fourth-order valence-corrected chi connectivity index (χ4v) is 7.85. The standard InChI is InChI=1S/C46H59F3N6O10/c1-29(64-30(2)57)42(60)55(26-32-25-53(27-36(32)49)44(62)65-45(3,4)5)40(46(6,7)17-22-63-43(61)51(20-21-56)18-19-54-38(58)15-16-39(54)59)41-50-37(34-23-33(47)13-14-35(34)48)28-52(41)24-31-11-9-8-10-12-31/h8-16,23,28-30,32,36,40,56-57H,17-22,24-27H2,1-7H3. The number of likely N-dealkylation sites (tertiary alicyclic amines) is 1. The number of imide groups is 1. The second-order valence-electron chi connectivity index (χ2n) is 17.9. The van der Waals surface area contributed by atoms with Crippen LogP contribution in [0.1, 0.15) is 72.3 Å².